The summed E-state index contributed by atoms with van der Waals surface area (Å²) in [5, 5.41) is 22.1. The highest BCUT2D eigenvalue weighted by Gasteiger charge is 2.60. The van der Waals surface area contributed by atoms with Gasteiger partial charge in [0.05, 0.1) is 22.9 Å². The minimum Gasteiger partial charge on any atom is -1.00 e. The second kappa shape index (κ2) is 13.4. The fourth-order valence-corrected chi connectivity index (χ4v) is 11.7. The maximum Gasteiger partial charge on any atom is 0.352 e. The average Bonchev–Trinajstić information content (AvgIpc) is 3.58. The van der Waals surface area contributed by atoms with Crippen molar-refractivity contribution in [2.24, 2.45) is 11.8 Å². The Labute approximate surface area is 281 Å². The SMILES string of the molecule is CC[Si](CC)(CC)Oc1cc(CBr)cc(C[n+]2cn3cc(C4=C(C(=O)O)N5C(=O)[C@H]([C@@H](C)O)[C@H]5[C@H]4C)sc3c2SC)c1.[Br-]. The number of halogens is 2. The van der Waals surface area contributed by atoms with Gasteiger partial charge in [-0.2, -0.15) is 4.40 Å². The van der Waals surface area contributed by atoms with Crippen molar-refractivity contribution in [3.05, 3.63) is 52.4 Å². The number of carboxylic acid groups (broad SMARTS) is 1. The second-order valence-electron chi connectivity index (χ2n) is 11.3. The molecular formula is C30H39Br2N3O5S2Si. The monoisotopic (exact) mass is 771 g/mol. The zero-order valence-electron chi connectivity index (χ0n) is 25.3. The summed E-state index contributed by atoms with van der Waals surface area (Å²) < 4.78 is 11.0. The lowest BCUT2D eigenvalue weighted by molar-refractivity contribution is -0.721. The first-order valence-corrected chi connectivity index (χ1v) is 20.2. The van der Waals surface area contributed by atoms with Crippen molar-refractivity contribution in [3.8, 4) is 5.75 Å². The Hall–Kier alpha value is -1.64. The van der Waals surface area contributed by atoms with Crippen LogP contribution in [0.4, 0.5) is 0 Å². The predicted molar refractivity (Wildman–Crippen MR) is 173 cm³/mol. The maximum absolute atomic E-state index is 12.8. The molecule has 0 radical (unpaired) electrons. The summed E-state index contributed by atoms with van der Waals surface area (Å²) >= 11 is 6.84. The molecule has 2 aromatic heterocycles. The maximum atomic E-state index is 12.8. The predicted octanol–water partition coefficient (Wildman–Crippen LogP) is 2.99. The van der Waals surface area contributed by atoms with E-state index < -0.39 is 26.3 Å². The number of thioether (sulfide) groups is 1. The van der Waals surface area contributed by atoms with Crippen molar-refractivity contribution in [2.45, 2.75) is 81.8 Å². The summed E-state index contributed by atoms with van der Waals surface area (Å²) in [6, 6.07) is 9.46. The number of β-lactam (4-membered cyclic amide) rings is 1. The van der Waals surface area contributed by atoms with E-state index in [9.17, 15) is 19.8 Å². The fraction of sp³-hybridized carbons (Fsp3) is 0.500. The Morgan fingerprint density at radius 1 is 1.21 bits per heavy atom. The highest BCUT2D eigenvalue weighted by molar-refractivity contribution is 9.08. The average molecular weight is 774 g/mol. The zero-order valence-corrected chi connectivity index (χ0v) is 31.1. The molecular weight excluding hydrogens is 734 g/mol. The first-order valence-electron chi connectivity index (χ1n) is 14.5. The van der Waals surface area contributed by atoms with Gasteiger partial charge in [0.25, 0.3) is 6.33 Å². The van der Waals surface area contributed by atoms with E-state index in [0.29, 0.717) is 12.1 Å². The highest BCUT2D eigenvalue weighted by Crippen LogP contribution is 2.51. The molecule has 1 aromatic carbocycles. The van der Waals surface area contributed by atoms with Crippen LogP contribution in [0.15, 0.2) is 41.4 Å². The number of fused-ring (bicyclic) bond motifs is 2. The third-order valence-electron chi connectivity index (χ3n) is 9.04. The van der Waals surface area contributed by atoms with E-state index in [1.165, 1.54) is 16.0 Å². The van der Waals surface area contributed by atoms with Gasteiger partial charge >= 0.3 is 5.97 Å². The number of amides is 1. The molecule has 43 heavy (non-hydrogen) atoms. The van der Waals surface area contributed by atoms with Crippen molar-refractivity contribution in [1.29, 1.82) is 0 Å². The minimum absolute atomic E-state index is 0. The van der Waals surface area contributed by atoms with Gasteiger partial charge < -0.3 is 36.5 Å². The molecule has 2 aliphatic heterocycles. The van der Waals surface area contributed by atoms with E-state index in [2.05, 4.69) is 76.5 Å². The van der Waals surface area contributed by atoms with Crippen molar-refractivity contribution in [1.82, 2.24) is 9.30 Å². The molecule has 2 N–H and O–H groups in total. The van der Waals surface area contributed by atoms with Crippen LogP contribution in [0.2, 0.25) is 18.1 Å². The molecule has 5 rings (SSSR count). The Balaban J connectivity index is 0.00000423. The lowest BCUT2D eigenvalue weighted by Gasteiger charge is -2.46. The molecule has 4 heterocycles. The number of aromatic nitrogens is 2. The minimum atomic E-state index is -1.81. The largest absolute Gasteiger partial charge is 1.00 e. The number of nitrogens with zero attached hydrogens (tertiary/aromatic N) is 3. The molecule has 234 valence electrons. The van der Waals surface area contributed by atoms with Crippen LogP contribution in [-0.2, 0) is 21.5 Å². The number of aliphatic hydroxyl groups is 1. The number of hydrogen-bond acceptors (Lipinski definition) is 6. The van der Waals surface area contributed by atoms with Crippen molar-refractivity contribution >= 4 is 69.6 Å². The normalized spacial score (nSPS) is 20.7. The number of aliphatic carboxylic acids is 1. The van der Waals surface area contributed by atoms with Gasteiger partial charge in [-0.15, -0.1) is 0 Å². The Morgan fingerprint density at radius 3 is 2.42 bits per heavy atom. The first-order chi connectivity index (χ1) is 20.0. The van der Waals surface area contributed by atoms with Gasteiger partial charge in [0.2, 0.25) is 24.1 Å². The third-order valence-corrected chi connectivity index (χ3v) is 16.3. The molecule has 2 aliphatic rings. The number of carboxylic acids is 1. The topological polar surface area (TPSA) is 95.4 Å². The third kappa shape index (κ3) is 5.90. The van der Waals surface area contributed by atoms with E-state index in [4.69, 9.17) is 4.43 Å². The lowest BCUT2D eigenvalue weighted by atomic mass is 9.77. The van der Waals surface area contributed by atoms with Crippen LogP contribution >= 0.6 is 39.0 Å². The standard InChI is InChI=1S/C30H38BrN3O5S2Si.BrH/c1-7-42(8-2,9-3)39-21-11-19(13-31)10-20(12-21)14-32-16-33-15-22(41-29(33)28(32)40-6)23-17(4)25-24(18(5)35)27(36)34(25)26(23)30(37)38;/h10-12,15-18,24-25,35H,7-9,13-14H2,1-6H3;1H/t17-,18+,24+,25+;/m0./s1. The lowest BCUT2D eigenvalue weighted by Crippen LogP contribution is -3.00. The molecule has 0 unspecified atom stereocenters. The van der Waals surface area contributed by atoms with Crippen molar-refractivity contribution in [2.75, 3.05) is 6.26 Å². The molecule has 3 aromatic rings. The first kappa shape index (κ1) is 34.2. The molecule has 1 fully saturated rings. The van der Waals surface area contributed by atoms with Crippen molar-refractivity contribution in [3.63, 3.8) is 0 Å². The summed E-state index contributed by atoms with van der Waals surface area (Å²) in [4.78, 5) is 28.4. The number of benzene rings is 1. The van der Waals surface area contributed by atoms with E-state index in [-0.39, 0.29) is 40.5 Å². The number of carbonyl (C=O) groups is 2. The summed E-state index contributed by atoms with van der Waals surface area (Å²) in [6.45, 7) is 11.0. The van der Waals surface area contributed by atoms with Crippen LogP contribution in [0.5, 0.6) is 5.75 Å². The molecule has 4 atom stereocenters. The van der Waals surface area contributed by atoms with Gasteiger partial charge in [0.1, 0.15) is 24.2 Å². The van der Waals surface area contributed by atoms with Crippen LogP contribution in [0, 0.1) is 11.8 Å². The van der Waals surface area contributed by atoms with Crippen LogP contribution in [0.1, 0.15) is 50.6 Å². The number of rotatable bonds is 12. The quantitative estimate of drug-likeness (QED) is 0.0968. The van der Waals surface area contributed by atoms with E-state index in [1.54, 1.807) is 30.0 Å². The Morgan fingerprint density at radius 2 is 1.86 bits per heavy atom. The number of thiazole rings is 1. The fourth-order valence-electron chi connectivity index (χ4n) is 6.64. The van der Waals surface area contributed by atoms with Crippen LogP contribution in [0.3, 0.4) is 0 Å². The number of carbonyl (C=O) groups excluding carboxylic acids is 1. The van der Waals surface area contributed by atoms with Crippen molar-refractivity contribution < 1.29 is 45.8 Å². The molecule has 1 saturated heterocycles. The summed E-state index contributed by atoms with van der Waals surface area (Å²) in [6.07, 6.45) is 5.27. The van der Waals surface area contributed by atoms with Crippen LogP contribution in [-0.4, -0.2) is 58.1 Å². The van der Waals surface area contributed by atoms with Gasteiger partial charge in [0.15, 0.2) is 0 Å². The van der Waals surface area contributed by atoms with E-state index in [1.807, 2.05) is 13.1 Å². The smallest absolute Gasteiger partial charge is 0.352 e. The summed E-state index contributed by atoms with van der Waals surface area (Å²) in [7, 11) is -1.81. The number of aliphatic hydroxyl groups excluding tert-OH is 1. The number of hydrogen-bond donors (Lipinski definition) is 2. The molecule has 8 nitrogen and oxygen atoms in total. The Kier molecular flexibility index (Phi) is 10.7. The van der Waals surface area contributed by atoms with Crippen LogP contribution in [0.25, 0.3) is 10.4 Å². The summed E-state index contributed by atoms with van der Waals surface area (Å²) in [5.74, 6) is -1.25. The van der Waals surface area contributed by atoms with Gasteiger partial charge in [0, 0.05) is 16.8 Å². The summed E-state index contributed by atoms with van der Waals surface area (Å²) in [5.41, 5.74) is 3.06. The Bertz CT molecular complexity index is 1560. The molecule has 0 spiro atoms. The van der Waals surface area contributed by atoms with E-state index >= 15 is 0 Å². The van der Waals surface area contributed by atoms with Crippen LogP contribution < -0.4 is 26.0 Å². The van der Waals surface area contributed by atoms with Gasteiger partial charge in [-0.3, -0.25) is 4.79 Å². The number of alkyl halides is 1. The highest BCUT2D eigenvalue weighted by atomic mass is 79.9. The molecule has 0 saturated carbocycles. The van der Waals surface area contributed by atoms with Gasteiger partial charge in [-0.1, -0.05) is 72.8 Å². The number of imidazole rings is 1. The molecule has 1 amide bonds. The molecule has 0 aliphatic carbocycles. The zero-order chi connectivity index (χ0) is 30.5. The van der Waals surface area contributed by atoms with Gasteiger partial charge in [-0.05, 0) is 54.6 Å². The van der Waals surface area contributed by atoms with E-state index in [0.717, 1.165) is 43.9 Å². The molecule has 0 bridgehead atoms. The second-order valence-corrected chi connectivity index (χ2v) is 18.4. The van der Waals surface area contributed by atoms with Gasteiger partial charge in [-0.25, -0.2) is 9.36 Å². The molecule has 13 heteroatoms.